The standard InChI is InChI=1S/C19H20N2O3/c22-19(21-11-10-16(21)14-6-2-1-3-7-14)20-12-15-13-23-17-8-4-5-9-18(17)24-15/h1-9,15-16H,10-13H2,(H,20,22)/t15-,16+/m0/s1. The highest BCUT2D eigenvalue weighted by Crippen LogP contribution is 2.33. The number of carbonyl (C=O) groups is 1. The van der Waals surface area contributed by atoms with Gasteiger partial charge in [0.1, 0.15) is 6.61 Å². The van der Waals surface area contributed by atoms with E-state index >= 15 is 0 Å². The molecule has 0 aliphatic carbocycles. The van der Waals surface area contributed by atoms with Gasteiger partial charge in [0.25, 0.3) is 0 Å². The monoisotopic (exact) mass is 324 g/mol. The summed E-state index contributed by atoms with van der Waals surface area (Å²) < 4.78 is 11.5. The van der Waals surface area contributed by atoms with E-state index in [1.807, 2.05) is 47.4 Å². The Bertz CT molecular complexity index is 720. The van der Waals surface area contributed by atoms with Crippen molar-refractivity contribution in [3.05, 3.63) is 60.2 Å². The smallest absolute Gasteiger partial charge is 0.318 e. The number of benzene rings is 2. The molecule has 0 radical (unpaired) electrons. The zero-order valence-corrected chi connectivity index (χ0v) is 13.4. The van der Waals surface area contributed by atoms with Gasteiger partial charge in [-0.25, -0.2) is 4.79 Å². The fourth-order valence-corrected chi connectivity index (χ4v) is 3.12. The van der Waals surface area contributed by atoms with Crippen LogP contribution < -0.4 is 14.8 Å². The van der Waals surface area contributed by atoms with Crippen LogP contribution in [-0.2, 0) is 0 Å². The Kier molecular flexibility index (Phi) is 3.99. The minimum absolute atomic E-state index is 0.0439. The van der Waals surface area contributed by atoms with E-state index in [-0.39, 0.29) is 18.2 Å². The highest BCUT2D eigenvalue weighted by molar-refractivity contribution is 5.75. The predicted molar refractivity (Wildman–Crippen MR) is 90.3 cm³/mol. The van der Waals surface area contributed by atoms with Crippen LogP contribution in [0, 0.1) is 0 Å². The van der Waals surface area contributed by atoms with Crippen LogP contribution in [0.2, 0.25) is 0 Å². The maximum atomic E-state index is 12.4. The molecular weight excluding hydrogens is 304 g/mol. The maximum absolute atomic E-state index is 12.4. The number of para-hydroxylation sites is 2. The van der Waals surface area contributed by atoms with E-state index in [9.17, 15) is 4.79 Å². The Hall–Kier alpha value is -2.69. The number of nitrogens with one attached hydrogen (secondary N) is 1. The van der Waals surface area contributed by atoms with Gasteiger partial charge in [-0.3, -0.25) is 0 Å². The van der Waals surface area contributed by atoms with Gasteiger partial charge in [-0.1, -0.05) is 42.5 Å². The van der Waals surface area contributed by atoms with E-state index in [0.29, 0.717) is 13.2 Å². The third kappa shape index (κ3) is 2.89. The fraction of sp³-hybridized carbons (Fsp3) is 0.316. The van der Waals surface area contributed by atoms with E-state index in [1.54, 1.807) is 0 Å². The first-order chi connectivity index (χ1) is 11.8. The molecule has 2 amide bonds. The topological polar surface area (TPSA) is 50.8 Å². The number of carbonyl (C=O) groups excluding carboxylic acids is 1. The Balaban J connectivity index is 1.31. The van der Waals surface area contributed by atoms with Crippen molar-refractivity contribution in [3.8, 4) is 11.5 Å². The van der Waals surface area contributed by atoms with Crippen LogP contribution in [0.1, 0.15) is 18.0 Å². The number of fused-ring (bicyclic) bond motifs is 1. The van der Waals surface area contributed by atoms with Crippen molar-refractivity contribution in [2.24, 2.45) is 0 Å². The Labute approximate surface area is 141 Å². The van der Waals surface area contributed by atoms with Crippen LogP contribution in [0.3, 0.4) is 0 Å². The molecule has 0 aromatic heterocycles. The number of likely N-dealkylation sites (tertiary alicyclic amines) is 1. The number of hydrogen-bond donors (Lipinski definition) is 1. The van der Waals surface area contributed by atoms with Gasteiger partial charge in [0, 0.05) is 6.54 Å². The fourth-order valence-electron chi connectivity index (χ4n) is 3.12. The molecule has 2 atom stereocenters. The molecule has 0 saturated carbocycles. The lowest BCUT2D eigenvalue weighted by molar-refractivity contribution is 0.0824. The van der Waals surface area contributed by atoms with Gasteiger partial charge in [-0.15, -0.1) is 0 Å². The summed E-state index contributed by atoms with van der Waals surface area (Å²) in [7, 11) is 0. The highest BCUT2D eigenvalue weighted by atomic mass is 16.6. The first-order valence-electron chi connectivity index (χ1n) is 8.29. The van der Waals surface area contributed by atoms with E-state index in [0.717, 1.165) is 24.5 Å². The summed E-state index contributed by atoms with van der Waals surface area (Å²) in [5.74, 6) is 1.49. The number of amides is 2. The number of urea groups is 1. The average Bonchev–Trinajstić information content (AvgIpc) is 2.60. The molecular formula is C19H20N2O3. The van der Waals surface area contributed by atoms with E-state index in [4.69, 9.17) is 9.47 Å². The lowest BCUT2D eigenvalue weighted by Crippen LogP contribution is -2.52. The molecule has 2 aromatic carbocycles. The second-order valence-corrected chi connectivity index (χ2v) is 6.09. The summed E-state index contributed by atoms with van der Waals surface area (Å²) in [6, 6.07) is 17.9. The third-order valence-electron chi connectivity index (χ3n) is 4.51. The summed E-state index contributed by atoms with van der Waals surface area (Å²) in [4.78, 5) is 14.3. The van der Waals surface area contributed by atoms with Gasteiger partial charge in [0.15, 0.2) is 17.6 Å². The Morgan fingerprint density at radius 2 is 1.83 bits per heavy atom. The van der Waals surface area contributed by atoms with Gasteiger partial charge in [0.2, 0.25) is 0 Å². The number of ether oxygens (including phenoxy) is 2. The lowest BCUT2D eigenvalue weighted by Gasteiger charge is -2.41. The minimum Gasteiger partial charge on any atom is -0.486 e. The molecule has 0 unspecified atom stereocenters. The Morgan fingerprint density at radius 3 is 2.58 bits per heavy atom. The molecule has 1 N–H and O–H groups in total. The first kappa shape index (κ1) is 14.9. The van der Waals surface area contributed by atoms with Crippen molar-refractivity contribution < 1.29 is 14.3 Å². The quantitative estimate of drug-likeness (QED) is 0.944. The highest BCUT2D eigenvalue weighted by Gasteiger charge is 2.33. The van der Waals surface area contributed by atoms with Crippen molar-refractivity contribution in [2.75, 3.05) is 19.7 Å². The molecule has 5 heteroatoms. The van der Waals surface area contributed by atoms with E-state index < -0.39 is 0 Å². The summed E-state index contributed by atoms with van der Waals surface area (Å²) in [6.45, 7) is 1.67. The molecule has 2 heterocycles. The van der Waals surface area contributed by atoms with Crippen LogP contribution in [0.25, 0.3) is 0 Å². The van der Waals surface area contributed by atoms with Crippen LogP contribution in [-0.4, -0.2) is 36.7 Å². The van der Waals surface area contributed by atoms with Crippen LogP contribution >= 0.6 is 0 Å². The number of rotatable bonds is 3. The van der Waals surface area contributed by atoms with Crippen LogP contribution in [0.5, 0.6) is 11.5 Å². The van der Waals surface area contributed by atoms with Gasteiger partial charge >= 0.3 is 6.03 Å². The summed E-state index contributed by atoms with van der Waals surface area (Å²) >= 11 is 0. The molecule has 2 aliphatic rings. The van der Waals surface area contributed by atoms with Crippen LogP contribution in [0.15, 0.2) is 54.6 Å². The zero-order chi connectivity index (χ0) is 16.4. The predicted octanol–water partition coefficient (Wildman–Crippen LogP) is 2.98. The maximum Gasteiger partial charge on any atom is 0.318 e. The van der Waals surface area contributed by atoms with Crippen LogP contribution in [0.4, 0.5) is 4.79 Å². The van der Waals surface area contributed by atoms with Crippen molar-refractivity contribution in [3.63, 3.8) is 0 Å². The van der Waals surface area contributed by atoms with Crippen molar-refractivity contribution >= 4 is 6.03 Å². The molecule has 4 rings (SSSR count). The molecule has 1 fully saturated rings. The molecule has 0 bridgehead atoms. The van der Waals surface area contributed by atoms with E-state index in [1.165, 1.54) is 5.56 Å². The number of hydrogen-bond acceptors (Lipinski definition) is 3. The SMILES string of the molecule is O=C(NC[C@H]1COc2ccccc2O1)N1CC[C@@H]1c1ccccc1. The lowest BCUT2D eigenvalue weighted by atomic mass is 9.95. The normalized spacial score (nSPS) is 21.8. The average molecular weight is 324 g/mol. The van der Waals surface area contributed by atoms with Crippen molar-refractivity contribution in [2.45, 2.75) is 18.6 Å². The molecule has 1 saturated heterocycles. The van der Waals surface area contributed by atoms with E-state index in [2.05, 4.69) is 17.4 Å². The molecule has 2 aromatic rings. The second-order valence-electron chi connectivity index (χ2n) is 6.09. The minimum atomic E-state index is -0.166. The van der Waals surface area contributed by atoms with Gasteiger partial charge in [-0.05, 0) is 24.1 Å². The van der Waals surface area contributed by atoms with Gasteiger partial charge < -0.3 is 19.7 Å². The zero-order valence-electron chi connectivity index (χ0n) is 13.4. The van der Waals surface area contributed by atoms with Crippen molar-refractivity contribution in [1.29, 1.82) is 0 Å². The number of nitrogens with zero attached hydrogens (tertiary/aromatic N) is 1. The second kappa shape index (κ2) is 6.43. The molecule has 5 nitrogen and oxygen atoms in total. The summed E-state index contributed by atoms with van der Waals surface area (Å²) in [6.07, 6.45) is 0.841. The summed E-state index contributed by atoms with van der Waals surface area (Å²) in [5, 5.41) is 2.97. The van der Waals surface area contributed by atoms with Gasteiger partial charge in [0.05, 0.1) is 12.6 Å². The first-order valence-corrected chi connectivity index (χ1v) is 8.29. The molecule has 124 valence electrons. The molecule has 2 aliphatic heterocycles. The molecule has 24 heavy (non-hydrogen) atoms. The van der Waals surface area contributed by atoms with Gasteiger partial charge in [-0.2, -0.15) is 0 Å². The third-order valence-corrected chi connectivity index (χ3v) is 4.51. The van der Waals surface area contributed by atoms with Crippen molar-refractivity contribution in [1.82, 2.24) is 10.2 Å². The summed E-state index contributed by atoms with van der Waals surface area (Å²) in [5.41, 5.74) is 1.19. The Morgan fingerprint density at radius 1 is 1.08 bits per heavy atom. The largest absolute Gasteiger partial charge is 0.486 e. The molecule has 0 spiro atoms.